The Morgan fingerprint density at radius 2 is 1.24 bits per heavy atom. The number of hydrogen-bond acceptors (Lipinski definition) is 8. The Morgan fingerprint density at radius 1 is 0.643 bits per heavy atom. The molecule has 0 unspecified atom stereocenters. The number of ether oxygens (including phenoxy) is 3. The van der Waals surface area contributed by atoms with Gasteiger partial charge >= 0.3 is 0 Å². The molecule has 0 amide bonds. The van der Waals surface area contributed by atoms with E-state index in [2.05, 4.69) is 13.8 Å². The molecular weight excluding hydrogens is 530 g/mol. The van der Waals surface area contributed by atoms with Gasteiger partial charge in [0, 0.05) is 12.7 Å². The fraction of sp³-hybridized carbons (Fsp3) is 0.382. The number of hydrogen-bond donors (Lipinski definition) is 2. The number of rotatable bonds is 15. The van der Waals surface area contributed by atoms with Crippen molar-refractivity contribution in [2.45, 2.75) is 59.8 Å². The number of phenols is 2. The summed E-state index contributed by atoms with van der Waals surface area (Å²) in [6, 6.07) is 16.4. The number of phenolic OH excluding ortho intramolecular Hbond substituents is 2. The van der Waals surface area contributed by atoms with Crippen LogP contribution in [0.4, 0.5) is 0 Å². The number of unbranched alkanes of at least 4 members (excludes halogenated alkanes) is 2. The van der Waals surface area contributed by atoms with Gasteiger partial charge in [-0.2, -0.15) is 0 Å². The molecule has 3 aromatic carbocycles. The molecule has 0 spiro atoms. The zero-order valence-corrected chi connectivity index (χ0v) is 25.0. The minimum atomic E-state index is 0.0549. The lowest BCUT2D eigenvalue weighted by Gasteiger charge is -2.15. The van der Waals surface area contributed by atoms with E-state index in [0.29, 0.717) is 66.9 Å². The molecule has 4 rings (SSSR count). The van der Waals surface area contributed by atoms with Crippen molar-refractivity contribution in [2.75, 3.05) is 26.4 Å². The van der Waals surface area contributed by atoms with Gasteiger partial charge in [0.1, 0.15) is 23.0 Å². The first-order valence-corrected chi connectivity index (χ1v) is 14.8. The van der Waals surface area contributed by atoms with Gasteiger partial charge in [-0.05, 0) is 80.6 Å². The summed E-state index contributed by atoms with van der Waals surface area (Å²) in [5, 5.41) is 21.8. The smallest absolute Gasteiger partial charge is 0.167 e. The molecular formula is C34H41N3O5. The highest BCUT2D eigenvalue weighted by atomic mass is 16.5. The molecule has 8 heteroatoms. The molecule has 0 radical (unpaired) electrons. The standard InChI is InChI=1S/C34H41N3O5/c1-5-8-17-41-25-12-15-28(31(22-25)42-18-9-6-2)34-36-32(26-13-10-23(4)20-29(26)38)35-33(37-34)27-14-11-24(21-30(27)39)16-19-40-7-3/h10-15,20-22,38-39H,5-9,16-19H2,1-4H3. The molecule has 4 aromatic rings. The van der Waals surface area contributed by atoms with Gasteiger partial charge < -0.3 is 24.4 Å². The third-order valence-electron chi connectivity index (χ3n) is 6.79. The average Bonchev–Trinajstić information content (AvgIpc) is 2.97. The first-order chi connectivity index (χ1) is 20.4. The quantitative estimate of drug-likeness (QED) is 0.141. The number of benzene rings is 3. The van der Waals surface area contributed by atoms with Gasteiger partial charge in [0.25, 0.3) is 0 Å². The van der Waals surface area contributed by atoms with Gasteiger partial charge in [0.05, 0.1) is 36.5 Å². The monoisotopic (exact) mass is 571 g/mol. The largest absolute Gasteiger partial charge is 0.507 e. The molecule has 42 heavy (non-hydrogen) atoms. The SMILES string of the molecule is CCCCOc1ccc(-c2nc(-c3ccc(C)cc3O)nc(-c3ccc(CCOCC)cc3O)n2)c(OCCCC)c1. The Labute approximate surface area is 248 Å². The van der Waals surface area contributed by atoms with Crippen molar-refractivity contribution in [3.8, 4) is 57.2 Å². The Morgan fingerprint density at radius 3 is 1.86 bits per heavy atom. The van der Waals surface area contributed by atoms with E-state index in [4.69, 9.17) is 29.2 Å². The lowest BCUT2D eigenvalue weighted by Crippen LogP contribution is -2.04. The van der Waals surface area contributed by atoms with Crippen molar-refractivity contribution >= 4 is 0 Å². The summed E-state index contributed by atoms with van der Waals surface area (Å²) in [5.74, 6) is 2.36. The second kappa shape index (κ2) is 15.2. The second-order valence-corrected chi connectivity index (χ2v) is 10.2. The molecule has 0 saturated carbocycles. The number of nitrogens with zero attached hydrogens (tertiary/aromatic N) is 3. The van der Waals surface area contributed by atoms with E-state index in [1.165, 1.54) is 0 Å². The van der Waals surface area contributed by atoms with E-state index in [1.54, 1.807) is 24.3 Å². The summed E-state index contributed by atoms with van der Waals surface area (Å²) in [6.45, 7) is 10.5. The Bertz CT molecular complexity index is 1470. The van der Waals surface area contributed by atoms with Crippen LogP contribution in [0.2, 0.25) is 0 Å². The maximum Gasteiger partial charge on any atom is 0.167 e. The van der Waals surface area contributed by atoms with Crippen LogP contribution in [0.5, 0.6) is 23.0 Å². The maximum absolute atomic E-state index is 11.0. The summed E-state index contributed by atoms with van der Waals surface area (Å²) >= 11 is 0. The summed E-state index contributed by atoms with van der Waals surface area (Å²) in [5.41, 5.74) is 3.45. The van der Waals surface area contributed by atoms with Crippen LogP contribution in [0, 0.1) is 6.92 Å². The Balaban J connectivity index is 1.83. The third kappa shape index (κ3) is 7.97. The van der Waals surface area contributed by atoms with Crippen LogP contribution in [0.1, 0.15) is 57.6 Å². The highest BCUT2D eigenvalue weighted by Gasteiger charge is 2.19. The lowest BCUT2D eigenvalue weighted by atomic mass is 10.1. The Kier molecular flexibility index (Phi) is 11.1. The predicted octanol–water partition coefficient (Wildman–Crippen LogP) is 7.53. The minimum Gasteiger partial charge on any atom is -0.507 e. The van der Waals surface area contributed by atoms with Gasteiger partial charge in [0.15, 0.2) is 17.5 Å². The molecule has 8 nitrogen and oxygen atoms in total. The highest BCUT2D eigenvalue weighted by Crippen LogP contribution is 2.37. The zero-order valence-electron chi connectivity index (χ0n) is 25.0. The van der Waals surface area contributed by atoms with E-state index in [-0.39, 0.29) is 23.1 Å². The van der Waals surface area contributed by atoms with Crippen molar-refractivity contribution < 1.29 is 24.4 Å². The van der Waals surface area contributed by atoms with Crippen LogP contribution in [-0.4, -0.2) is 51.6 Å². The fourth-order valence-electron chi connectivity index (χ4n) is 4.38. The van der Waals surface area contributed by atoms with Crippen molar-refractivity contribution in [2.24, 2.45) is 0 Å². The van der Waals surface area contributed by atoms with Gasteiger partial charge in [-0.1, -0.05) is 38.8 Å². The average molecular weight is 572 g/mol. The molecule has 222 valence electrons. The van der Waals surface area contributed by atoms with Gasteiger partial charge in [-0.25, -0.2) is 15.0 Å². The molecule has 2 N–H and O–H groups in total. The van der Waals surface area contributed by atoms with Crippen LogP contribution in [0.25, 0.3) is 34.2 Å². The molecule has 0 aliphatic heterocycles. The summed E-state index contributed by atoms with van der Waals surface area (Å²) in [6.07, 6.45) is 4.57. The van der Waals surface area contributed by atoms with Crippen molar-refractivity contribution in [3.05, 3.63) is 65.7 Å². The predicted molar refractivity (Wildman–Crippen MR) is 165 cm³/mol. The summed E-state index contributed by atoms with van der Waals surface area (Å²) < 4.78 is 17.6. The van der Waals surface area contributed by atoms with Crippen LogP contribution >= 0.6 is 0 Å². The molecule has 0 atom stereocenters. The normalized spacial score (nSPS) is 11.0. The van der Waals surface area contributed by atoms with Gasteiger partial charge in [-0.15, -0.1) is 0 Å². The molecule has 0 bridgehead atoms. The van der Waals surface area contributed by atoms with Crippen LogP contribution in [0.3, 0.4) is 0 Å². The third-order valence-corrected chi connectivity index (χ3v) is 6.79. The van der Waals surface area contributed by atoms with Crippen LogP contribution < -0.4 is 9.47 Å². The van der Waals surface area contributed by atoms with E-state index in [0.717, 1.165) is 36.8 Å². The van der Waals surface area contributed by atoms with E-state index in [1.807, 2.05) is 44.2 Å². The number of aryl methyl sites for hydroxylation is 1. The van der Waals surface area contributed by atoms with Crippen LogP contribution in [-0.2, 0) is 11.2 Å². The summed E-state index contributed by atoms with van der Waals surface area (Å²) in [7, 11) is 0. The fourth-order valence-corrected chi connectivity index (χ4v) is 4.38. The lowest BCUT2D eigenvalue weighted by molar-refractivity contribution is 0.151. The zero-order chi connectivity index (χ0) is 29.9. The molecule has 1 heterocycles. The van der Waals surface area contributed by atoms with Crippen molar-refractivity contribution in [3.63, 3.8) is 0 Å². The van der Waals surface area contributed by atoms with Gasteiger partial charge in [-0.3, -0.25) is 0 Å². The molecule has 0 aliphatic carbocycles. The molecule has 0 saturated heterocycles. The van der Waals surface area contributed by atoms with Crippen molar-refractivity contribution in [1.29, 1.82) is 0 Å². The first kappa shape index (κ1) is 30.8. The second-order valence-electron chi connectivity index (χ2n) is 10.2. The van der Waals surface area contributed by atoms with E-state index >= 15 is 0 Å². The molecule has 0 aliphatic rings. The first-order valence-electron chi connectivity index (χ1n) is 14.8. The molecule has 0 fully saturated rings. The molecule has 1 aromatic heterocycles. The van der Waals surface area contributed by atoms with E-state index < -0.39 is 0 Å². The van der Waals surface area contributed by atoms with E-state index in [9.17, 15) is 10.2 Å². The van der Waals surface area contributed by atoms with Crippen LogP contribution in [0.15, 0.2) is 54.6 Å². The minimum absolute atomic E-state index is 0.0549. The van der Waals surface area contributed by atoms with Crippen molar-refractivity contribution in [1.82, 2.24) is 15.0 Å². The van der Waals surface area contributed by atoms with Gasteiger partial charge in [0.2, 0.25) is 0 Å². The number of aromatic hydroxyl groups is 2. The summed E-state index contributed by atoms with van der Waals surface area (Å²) in [4.78, 5) is 14.3. The number of aromatic nitrogens is 3. The maximum atomic E-state index is 11.0. The topological polar surface area (TPSA) is 107 Å². The Hall–Kier alpha value is -4.17. The highest BCUT2D eigenvalue weighted by molar-refractivity contribution is 5.74.